The van der Waals surface area contributed by atoms with E-state index < -0.39 is 11.9 Å². The third-order valence-corrected chi connectivity index (χ3v) is 3.20. The normalized spacial score (nSPS) is 12.4. The first-order chi connectivity index (χ1) is 8.86. The smallest absolute Gasteiger partial charge is 0.407 e. The monoisotopic (exact) mass is 268 g/mol. The summed E-state index contributed by atoms with van der Waals surface area (Å²) in [7, 11) is 5.47. The van der Waals surface area contributed by atoms with Crippen LogP contribution in [-0.4, -0.2) is 43.6 Å². The van der Waals surface area contributed by atoms with Gasteiger partial charge in [0, 0.05) is 19.6 Å². The van der Waals surface area contributed by atoms with Crippen LogP contribution in [0, 0.1) is 5.82 Å². The molecule has 0 aliphatic carbocycles. The lowest BCUT2D eigenvalue weighted by atomic mass is 10.1. The van der Waals surface area contributed by atoms with Gasteiger partial charge in [0.05, 0.1) is 0 Å². The number of nitrogens with zero attached hydrogens (tertiary/aromatic N) is 2. The van der Waals surface area contributed by atoms with Gasteiger partial charge >= 0.3 is 6.09 Å². The van der Waals surface area contributed by atoms with Crippen LogP contribution in [0.3, 0.4) is 0 Å². The molecule has 0 radical (unpaired) electrons. The van der Waals surface area contributed by atoms with E-state index in [-0.39, 0.29) is 11.8 Å². The fourth-order valence-electron chi connectivity index (χ4n) is 1.46. The summed E-state index contributed by atoms with van der Waals surface area (Å²) in [5, 5.41) is 0. The molecule has 0 heterocycles. The van der Waals surface area contributed by atoms with E-state index in [1.807, 2.05) is 32.8 Å². The molecule has 0 saturated carbocycles. The summed E-state index contributed by atoms with van der Waals surface area (Å²) in [6.07, 6.45) is -0.559. The minimum Gasteiger partial charge on any atom is -0.407 e. The number of amides is 1. The van der Waals surface area contributed by atoms with Crippen molar-refractivity contribution in [2.24, 2.45) is 0 Å². The molecule has 1 rings (SSSR count). The van der Waals surface area contributed by atoms with Crippen LogP contribution in [0.25, 0.3) is 0 Å². The van der Waals surface area contributed by atoms with E-state index >= 15 is 0 Å². The zero-order valence-corrected chi connectivity index (χ0v) is 12.1. The molecule has 4 nitrogen and oxygen atoms in total. The van der Waals surface area contributed by atoms with Crippen LogP contribution in [-0.2, 0) is 0 Å². The van der Waals surface area contributed by atoms with Crippen molar-refractivity contribution in [2.45, 2.75) is 19.9 Å². The van der Waals surface area contributed by atoms with Crippen molar-refractivity contribution in [3.8, 4) is 5.75 Å². The number of carbonyl (C=O) groups excluding carboxylic acids is 1. The molecule has 0 N–H and O–H groups in total. The second-order valence-electron chi connectivity index (χ2n) is 4.71. The van der Waals surface area contributed by atoms with Crippen molar-refractivity contribution < 1.29 is 13.9 Å². The number of halogens is 1. The number of hydrogen-bond donors (Lipinski definition) is 0. The number of hydrogen-bond acceptors (Lipinski definition) is 3. The zero-order chi connectivity index (χ0) is 14.6. The average molecular weight is 268 g/mol. The highest BCUT2D eigenvalue weighted by molar-refractivity contribution is 5.70. The fourth-order valence-corrected chi connectivity index (χ4v) is 1.46. The topological polar surface area (TPSA) is 32.8 Å². The van der Waals surface area contributed by atoms with Crippen LogP contribution in [0.5, 0.6) is 5.75 Å². The molecule has 1 amide bonds. The van der Waals surface area contributed by atoms with Crippen LogP contribution in [0.2, 0.25) is 0 Å². The van der Waals surface area contributed by atoms with E-state index in [1.165, 1.54) is 11.0 Å². The zero-order valence-electron chi connectivity index (χ0n) is 12.1. The molecule has 1 atom stereocenters. The molecular formula is C14H21FN2O2. The number of carbonyl (C=O) groups is 1. The first kappa shape index (κ1) is 15.4. The molecule has 0 bridgehead atoms. The first-order valence-electron chi connectivity index (χ1n) is 6.25. The number of ether oxygens (including phenoxy) is 1. The predicted octanol–water partition coefficient (Wildman–Crippen LogP) is 2.90. The summed E-state index contributed by atoms with van der Waals surface area (Å²) < 4.78 is 18.7. The van der Waals surface area contributed by atoms with Crippen molar-refractivity contribution in [2.75, 3.05) is 27.7 Å². The minimum absolute atomic E-state index is 0.0310. The van der Waals surface area contributed by atoms with E-state index in [1.54, 1.807) is 19.2 Å². The van der Waals surface area contributed by atoms with Gasteiger partial charge < -0.3 is 14.5 Å². The number of rotatable bonds is 4. The van der Waals surface area contributed by atoms with Crippen molar-refractivity contribution >= 4 is 6.09 Å². The lowest BCUT2D eigenvalue weighted by Crippen LogP contribution is -2.29. The molecule has 106 valence electrons. The van der Waals surface area contributed by atoms with Crippen molar-refractivity contribution in [3.05, 3.63) is 29.6 Å². The summed E-state index contributed by atoms with van der Waals surface area (Å²) in [6.45, 7) is 4.33. The minimum atomic E-state index is -0.559. The maximum atomic E-state index is 13.7. The molecular weight excluding hydrogens is 247 g/mol. The molecule has 0 aliphatic rings. The van der Waals surface area contributed by atoms with Gasteiger partial charge in [-0.2, -0.15) is 0 Å². The Morgan fingerprint density at radius 2 is 2.00 bits per heavy atom. The van der Waals surface area contributed by atoms with Crippen LogP contribution in [0.4, 0.5) is 9.18 Å². The van der Waals surface area contributed by atoms with E-state index in [9.17, 15) is 9.18 Å². The van der Waals surface area contributed by atoms with Crippen LogP contribution in [0.1, 0.15) is 25.5 Å². The van der Waals surface area contributed by atoms with E-state index in [2.05, 4.69) is 0 Å². The van der Waals surface area contributed by atoms with Gasteiger partial charge in [-0.1, -0.05) is 6.07 Å². The molecule has 0 spiro atoms. The summed E-state index contributed by atoms with van der Waals surface area (Å²) in [5.41, 5.74) is 0.897. The Morgan fingerprint density at radius 3 is 2.53 bits per heavy atom. The fraction of sp³-hybridized carbons (Fsp3) is 0.500. The van der Waals surface area contributed by atoms with E-state index in [4.69, 9.17) is 4.74 Å². The summed E-state index contributed by atoms with van der Waals surface area (Å²) in [4.78, 5) is 15.0. The highest BCUT2D eigenvalue weighted by Crippen LogP contribution is 2.25. The largest absolute Gasteiger partial charge is 0.415 e. The lowest BCUT2D eigenvalue weighted by molar-refractivity contribution is 0.163. The molecule has 0 fully saturated rings. The van der Waals surface area contributed by atoms with E-state index in [0.717, 1.165) is 5.56 Å². The molecule has 0 saturated heterocycles. The highest BCUT2D eigenvalue weighted by atomic mass is 19.1. The Bertz CT molecular complexity index is 449. The Balaban J connectivity index is 2.95. The van der Waals surface area contributed by atoms with Crippen LogP contribution >= 0.6 is 0 Å². The maximum absolute atomic E-state index is 13.7. The molecule has 0 aromatic heterocycles. The Kier molecular flexibility index (Phi) is 5.30. The summed E-state index contributed by atoms with van der Waals surface area (Å²) >= 11 is 0. The van der Waals surface area contributed by atoms with Crippen molar-refractivity contribution in [3.63, 3.8) is 0 Å². The van der Waals surface area contributed by atoms with Gasteiger partial charge in [0.1, 0.15) is 0 Å². The van der Waals surface area contributed by atoms with Gasteiger partial charge in [-0.15, -0.1) is 0 Å². The standard InChI is InChI=1S/C14H21FN2O2/c1-6-17(5)14(18)19-13-9-11(7-8-12(13)15)10(2)16(3)4/h7-10H,6H2,1-5H3. The second kappa shape index (κ2) is 6.52. The Labute approximate surface area is 113 Å². The number of benzene rings is 1. The Hall–Kier alpha value is -1.62. The lowest BCUT2D eigenvalue weighted by Gasteiger charge is -2.21. The van der Waals surface area contributed by atoms with Crippen molar-refractivity contribution in [1.29, 1.82) is 0 Å². The third-order valence-electron chi connectivity index (χ3n) is 3.20. The third kappa shape index (κ3) is 3.92. The summed E-state index contributed by atoms with van der Waals surface area (Å²) in [6, 6.07) is 4.70. The summed E-state index contributed by atoms with van der Waals surface area (Å²) in [5.74, 6) is -0.566. The molecule has 19 heavy (non-hydrogen) atoms. The first-order valence-corrected chi connectivity index (χ1v) is 6.25. The van der Waals surface area contributed by atoms with Crippen LogP contribution < -0.4 is 4.74 Å². The SMILES string of the molecule is CCN(C)C(=O)Oc1cc(C(C)N(C)C)ccc1F. The molecule has 0 aliphatic heterocycles. The van der Waals surface area contributed by atoms with Gasteiger partial charge in [-0.05, 0) is 45.6 Å². The van der Waals surface area contributed by atoms with Gasteiger partial charge in [-0.3, -0.25) is 0 Å². The van der Waals surface area contributed by atoms with E-state index in [0.29, 0.717) is 6.54 Å². The molecule has 1 aromatic carbocycles. The molecule has 1 aromatic rings. The van der Waals surface area contributed by atoms with Gasteiger partial charge in [0.25, 0.3) is 0 Å². The second-order valence-corrected chi connectivity index (χ2v) is 4.71. The average Bonchev–Trinajstić information content (AvgIpc) is 2.39. The molecule has 1 unspecified atom stereocenters. The van der Waals surface area contributed by atoms with Gasteiger partial charge in [0.2, 0.25) is 0 Å². The van der Waals surface area contributed by atoms with Crippen molar-refractivity contribution in [1.82, 2.24) is 9.80 Å². The maximum Gasteiger partial charge on any atom is 0.415 e. The van der Waals surface area contributed by atoms with Gasteiger partial charge in [-0.25, -0.2) is 9.18 Å². The van der Waals surface area contributed by atoms with Gasteiger partial charge in [0.15, 0.2) is 11.6 Å². The molecule has 5 heteroatoms. The quantitative estimate of drug-likeness (QED) is 0.841. The predicted molar refractivity (Wildman–Crippen MR) is 72.8 cm³/mol. The highest BCUT2D eigenvalue weighted by Gasteiger charge is 2.15. The van der Waals surface area contributed by atoms with Crippen LogP contribution in [0.15, 0.2) is 18.2 Å². The Morgan fingerprint density at radius 1 is 1.37 bits per heavy atom.